The third-order valence-corrected chi connectivity index (χ3v) is 3.26. The van der Waals surface area contributed by atoms with Gasteiger partial charge in [0.15, 0.2) is 0 Å². The number of carbonyl (C=O) groups excluding carboxylic acids is 1. The molecule has 5 nitrogen and oxygen atoms in total. The van der Waals surface area contributed by atoms with Gasteiger partial charge in [-0.25, -0.2) is 0 Å². The van der Waals surface area contributed by atoms with Gasteiger partial charge in [0.2, 0.25) is 0 Å². The first-order chi connectivity index (χ1) is 7.72. The van der Waals surface area contributed by atoms with Crippen molar-refractivity contribution in [1.29, 1.82) is 0 Å². The van der Waals surface area contributed by atoms with Crippen LogP contribution in [0.4, 0.5) is 0 Å². The second kappa shape index (κ2) is 6.83. The number of methoxy groups -OCH3 is 1. The topological polar surface area (TPSA) is 84.6 Å². The van der Waals surface area contributed by atoms with E-state index in [1.165, 1.54) is 7.11 Å². The van der Waals surface area contributed by atoms with Crippen molar-refractivity contribution in [3.63, 3.8) is 0 Å². The highest BCUT2D eigenvalue weighted by Gasteiger charge is 2.27. The van der Waals surface area contributed by atoms with Crippen molar-refractivity contribution in [3.05, 3.63) is 0 Å². The molecule has 0 spiro atoms. The van der Waals surface area contributed by atoms with E-state index in [2.05, 4.69) is 5.32 Å². The molecule has 1 aliphatic rings. The number of aliphatic hydroxyl groups excluding tert-OH is 1. The van der Waals surface area contributed by atoms with E-state index in [9.17, 15) is 9.90 Å². The molecule has 4 N–H and O–H groups in total. The molecule has 0 radical (unpaired) electrons. The Kier molecular flexibility index (Phi) is 5.73. The van der Waals surface area contributed by atoms with E-state index in [4.69, 9.17) is 10.5 Å². The van der Waals surface area contributed by atoms with E-state index in [-0.39, 0.29) is 31.0 Å². The van der Waals surface area contributed by atoms with Gasteiger partial charge in [0.05, 0.1) is 0 Å². The lowest BCUT2D eigenvalue weighted by Crippen LogP contribution is -2.49. The molecule has 94 valence electrons. The van der Waals surface area contributed by atoms with Gasteiger partial charge in [-0.2, -0.15) is 0 Å². The Labute approximate surface area is 96.3 Å². The van der Waals surface area contributed by atoms with Gasteiger partial charge in [-0.15, -0.1) is 0 Å². The van der Waals surface area contributed by atoms with Gasteiger partial charge in [0.25, 0.3) is 5.91 Å². The first kappa shape index (κ1) is 13.4. The van der Waals surface area contributed by atoms with Crippen LogP contribution in [-0.4, -0.2) is 43.4 Å². The zero-order chi connectivity index (χ0) is 12.0. The summed E-state index contributed by atoms with van der Waals surface area (Å²) in [5, 5.41) is 12.1. The summed E-state index contributed by atoms with van der Waals surface area (Å²) in [7, 11) is 1.47. The molecule has 0 saturated heterocycles. The van der Waals surface area contributed by atoms with Gasteiger partial charge < -0.3 is 20.9 Å². The second-order valence-electron chi connectivity index (χ2n) is 4.30. The molecule has 1 amide bonds. The van der Waals surface area contributed by atoms with Gasteiger partial charge in [-0.1, -0.05) is 12.8 Å². The van der Waals surface area contributed by atoms with Gasteiger partial charge >= 0.3 is 0 Å². The molecule has 5 heteroatoms. The van der Waals surface area contributed by atoms with Gasteiger partial charge in [0.1, 0.15) is 6.10 Å². The number of nitrogens with two attached hydrogens (primary N) is 1. The van der Waals surface area contributed by atoms with Crippen LogP contribution < -0.4 is 11.1 Å². The number of aliphatic hydroxyl groups is 1. The van der Waals surface area contributed by atoms with Crippen molar-refractivity contribution in [3.8, 4) is 0 Å². The fourth-order valence-electron chi connectivity index (χ4n) is 2.20. The van der Waals surface area contributed by atoms with E-state index >= 15 is 0 Å². The van der Waals surface area contributed by atoms with Crippen molar-refractivity contribution in [2.75, 3.05) is 20.3 Å². The number of rotatable bonds is 5. The van der Waals surface area contributed by atoms with Crippen molar-refractivity contribution in [2.24, 2.45) is 11.7 Å². The van der Waals surface area contributed by atoms with Crippen molar-refractivity contribution in [2.45, 2.75) is 37.8 Å². The molecular weight excluding hydrogens is 208 g/mol. The van der Waals surface area contributed by atoms with Crippen molar-refractivity contribution < 1.29 is 14.6 Å². The molecule has 1 saturated carbocycles. The number of carbonyl (C=O) groups is 1. The Hall–Kier alpha value is -0.650. The van der Waals surface area contributed by atoms with Gasteiger partial charge in [-0.3, -0.25) is 4.79 Å². The van der Waals surface area contributed by atoms with Crippen LogP contribution in [0.1, 0.15) is 25.7 Å². The normalized spacial score (nSPS) is 27.4. The van der Waals surface area contributed by atoms with Crippen LogP contribution in [0, 0.1) is 5.92 Å². The lowest BCUT2D eigenvalue weighted by molar-refractivity contribution is -0.132. The molecule has 0 aromatic rings. The Morgan fingerprint density at radius 2 is 2.25 bits per heavy atom. The standard InChI is InChI=1S/C11H22N2O3/c1-16-10(6-12)11(15)13-9-5-3-2-4-8(9)7-14/h8-10,14H,2-7,12H2,1H3,(H,13,15). The number of nitrogens with one attached hydrogen (secondary N) is 1. The summed E-state index contributed by atoms with van der Waals surface area (Å²) < 4.78 is 4.97. The average molecular weight is 230 g/mol. The molecular formula is C11H22N2O3. The molecule has 16 heavy (non-hydrogen) atoms. The van der Waals surface area contributed by atoms with E-state index in [0.717, 1.165) is 25.7 Å². The summed E-state index contributed by atoms with van der Waals surface area (Å²) in [6, 6.07) is 0.0652. The first-order valence-corrected chi connectivity index (χ1v) is 5.87. The molecule has 1 fully saturated rings. The third kappa shape index (κ3) is 3.43. The first-order valence-electron chi connectivity index (χ1n) is 5.87. The smallest absolute Gasteiger partial charge is 0.250 e. The Bertz CT molecular complexity index is 219. The molecule has 0 heterocycles. The van der Waals surface area contributed by atoms with E-state index in [1.54, 1.807) is 0 Å². The fourth-order valence-corrected chi connectivity index (χ4v) is 2.20. The van der Waals surface area contributed by atoms with Crippen LogP contribution >= 0.6 is 0 Å². The van der Waals surface area contributed by atoms with E-state index in [0.29, 0.717) is 0 Å². The zero-order valence-corrected chi connectivity index (χ0v) is 9.82. The molecule has 3 atom stereocenters. The summed E-state index contributed by atoms with van der Waals surface area (Å²) in [6.07, 6.45) is 3.55. The number of hydrogen-bond donors (Lipinski definition) is 3. The maximum Gasteiger partial charge on any atom is 0.250 e. The molecule has 1 aliphatic carbocycles. The SMILES string of the molecule is COC(CN)C(=O)NC1CCCCC1CO. The van der Waals surface area contributed by atoms with Gasteiger partial charge in [0, 0.05) is 32.2 Å². The molecule has 0 aromatic heterocycles. The van der Waals surface area contributed by atoms with Gasteiger partial charge in [-0.05, 0) is 12.8 Å². The van der Waals surface area contributed by atoms with Crippen LogP contribution in [-0.2, 0) is 9.53 Å². The average Bonchev–Trinajstić information content (AvgIpc) is 2.31. The monoisotopic (exact) mass is 230 g/mol. The Morgan fingerprint density at radius 3 is 2.81 bits per heavy atom. The minimum atomic E-state index is -0.582. The summed E-state index contributed by atoms with van der Waals surface area (Å²) in [4.78, 5) is 11.7. The number of hydrogen-bond acceptors (Lipinski definition) is 4. The van der Waals surface area contributed by atoms with Crippen LogP contribution in [0.5, 0.6) is 0 Å². The largest absolute Gasteiger partial charge is 0.396 e. The quantitative estimate of drug-likeness (QED) is 0.601. The van der Waals surface area contributed by atoms with Crippen molar-refractivity contribution >= 4 is 5.91 Å². The molecule has 1 rings (SSSR count). The molecule has 0 aliphatic heterocycles. The second-order valence-corrected chi connectivity index (χ2v) is 4.30. The third-order valence-electron chi connectivity index (χ3n) is 3.26. The molecule has 3 unspecified atom stereocenters. The summed E-state index contributed by atoms with van der Waals surface area (Å²) >= 11 is 0. The lowest BCUT2D eigenvalue weighted by Gasteiger charge is -2.31. The summed E-state index contributed by atoms with van der Waals surface area (Å²) in [6.45, 7) is 0.310. The van der Waals surface area contributed by atoms with E-state index < -0.39 is 6.10 Å². The maximum atomic E-state index is 11.7. The molecule has 0 bridgehead atoms. The number of ether oxygens (including phenoxy) is 1. The van der Waals surface area contributed by atoms with Crippen LogP contribution in [0.25, 0.3) is 0 Å². The number of amides is 1. The molecule has 0 aromatic carbocycles. The predicted molar refractivity (Wildman–Crippen MR) is 60.8 cm³/mol. The zero-order valence-electron chi connectivity index (χ0n) is 9.82. The minimum Gasteiger partial charge on any atom is -0.396 e. The lowest BCUT2D eigenvalue weighted by atomic mass is 9.85. The Morgan fingerprint density at radius 1 is 1.56 bits per heavy atom. The summed E-state index contributed by atoms with van der Waals surface area (Å²) in [5.41, 5.74) is 5.42. The highest BCUT2D eigenvalue weighted by molar-refractivity contribution is 5.81. The Balaban J connectivity index is 2.47. The fraction of sp³-hybridized carbons (Fsp3) is 0.909. The predicted octanol–water partition coefficient (Wildman–Crippen LogP) is -0.373. The van der Waals surface area contributed by atoms with E-state index in [1.807, 2.05) is 0 Å². The summed E-state index contributed by atoms with van der Waals surface area (Å²) in [5.74, 6) is 0.00308. The van der Waals surface area contributed by atoms with Crippen LogP contribution in [0.3, 0.4) is 0 Å². The van der Waals surface area contributed by atoms with Crippen molar-refractivity contribution in [1.82, 2.24) is 5.32 Å². The minimum absolute atomic E-state index is 0.0652. The van der Waals surface area contributed by atoms with Crippen LogP contribution in [0.2, 0.25) is 0 Å². The highest BCUT2D eigenvalue weighted by Crippen LogP contribution is 2.23. The highest BCUT2D eigenvalue weighted by atomic mass is 16.5. The van der Waals surface area contributed by atoms with Crippen LogP contribution in [0.15, 0.2) is 0 Å². The maximum absolute atomic E-state index is 11.7.